The highest BCUT2D eigenvalue weighted by atomic mass is 16.5. The average molecular weight is 250 g/mol. The first-order chi connectivity index (χ1) is 8.83. The number of nitrogens with zero attached hydrogens (tertiary/aromatic N) is 2. The van der Waals surface area contributed by atoms with Gasteiger partial charge in [0.25, 0.3) is 0 Å². The summed E-state index contributed by atoms with van der Waals surface area (Å²) in [6.45, 7) is 4.53. The summed E-state index contributed by atoms with van der Waals surface area (Å²) >= 11 is 0. The van der Waals surface area contributed by atoms with E-state index in [0.717, 1.165) is 18.7 Å². The largest absolute Gasteiger partial charge is 0.461 e. The van der Waals surface area contributed by atoms with Gasteiger partial charge in [0, 0.05) is 19.2 Å². The second kappa shape index (κ2) is 6.37. The van der Waals surface area contributed by atoms with Gasteiger partial charge in [0.1, 0.15) is 0 Å². The molecule has 18 heavy (non-hydrogen) atoms. The van der Waals surface area contributed by atoms with Gasteiger partial charge < -0.3 is 14.0 Å². The third-order valence-electron chi connectivity index (χ3n) is 2.66. The molecule has 0 spiro atoms. The highest BCUT2D eigenvalue weighted by Crippen LogP contribution is 2.21. The van der Waals surface area contributed by atoms with Crippen molar-refractivity contribution in [2.24, 2.45) is 0 Å². The third-order valence-corrected chi connectivity index (χ3v) is 2.66. The molecular weight excluding hydrogens is 232 g/mol. The van der Waals surface area contributed by atoms with Crippen LogP contribution >= 0.6 is 0 Å². The van der Waals surface area contributed by atoms with Gasteiger partial charge >= 0.3 is 0 Å². The van der Waals surface area contributed by atoms with E-state index in [1.807, 2.05) is 18.2 Å². The van der Waals surface area contributed by atoms with E-state index in [0.29, 0.717) is 24.6 Å². The fraction of sp³-hybridized carbons (Fsp3) is 0.462. The molecule has 0 aliphatic heterocycles. The lowest BCUT2D eigenvalue weighted by Crippen LogP contribution is -2.27. The zero-order valence-electron chi connectivity index (χ0n) is 10.5. The molecule has 0 radical (unpaired) electrons. The molecule has 0 aliphatic rings. The second-order valence-electron chi connectivity index (χ2n) is 4.16. The molecule has 0 saturated heterocycles. The van der Waals surface area contributed by atoms with E-state index in [1.165, 1.54) is 0 Å². The molecule has 0 atom stereocenters. The molecule has 0 fully saturated rings. The topological polar surface area (TPSA) is 62.6 Å². The summed E-state index contributed by atoms with van der Waals surface area (Å²) in [5.41, 5.74) is 0.850. The lowest BCUT2D eigenvalue weighted by Gasteiger charge is -2.18. The Hall–Kier alpha value is -1.59. The molecule has 98 valence electrons. The SMILES string of the molecule is CCCN(CCO)Cc1cc(-c2ccco2)on1. The minimum Gasteiger partial charge on any atom is -0.461 e. The first kappa shape index (κ1) is 12.9. The lowest BCUT2D eigenvalue weighted by molar-refractivity contribution is 0.187. The van der Waals surface area contributed by atoms with Crippen molar-refractivity contribution in [1.82, 2.24) is 10.1 Å². The zero-order chi connectivity index (χ0) is 12.8. The van der Waals surface area contributed by atoms with E-state index in [9.17, 15) is 0 Å². The van der Waals surface area contributed by atoms with E-state index >= 15 is 0 Å². The number of aromatic nitrogens is 1. The molecule has 2 aromatic heterocycles. The molecular formula is C13H18N2O3. The monoisotopic (exact) mass is 250 g/mol. The van der Waals surface area contributed by atoms with E-state index in [2.05, 4.69) is 17.0 Å². The van der Waals surface area contributed by atoms with Crippen molar-refractivity contribution in [2.45, 2.75) is 19.9 Å². The van der Waals surface area contributed by atoms with Gasteiger partial charge in [-0.15, -0.1) is 0 Å². The minimum absolute atomic E-state index is 0.156. The molecule has 0 amide bonds. The Bertz CT molecular complexity index is 445. The first-order valence-corrected chi connectivity index (χ1v) is 6.16. The van der Waals surface area contributed by atoms with Crippen LogP contribution in [-0.2, 0) is 6.54 Å². The molecule has 5 nitrogen and oxygen atoms in total. The lowest BCUT2D eigenvalue weighted by atomic mass is 10.3. The van der Waals surface area contributed by atoms with Gasteiger partial charge in [0.2, 0.25) is 5.76 Å². The summed E-state index contributed by atoms with van der Waals surface area (Å²) < 4.78 is 10.5. The predicted octanol–water partition coefficient (Wildman–Crippen LogP) is 2.14. The average Bonchev–Trinajstić information content (AvgIpc) is 2.98. The smallest absolute Gasteiger partial charge is 0.202 e. The van der Waals surface area contributed by atoms with Crippen LogP contribution in [0.15, 0.2) is 33.4 Å². The maximum Gasteiger partial charge on any atom is 0.202 e. The van der Waals surface area contributed by atoms with Crippen molar-refractivity contribution in [1.29, 1.82) is 0 Å². The van der Waals surface area contributed by atoms with Crippen molar-refractivity contribution in [3.63, 3.8) is 0 Å². The molecule has 2 aromatic rings. The molecule has 0 aromatic carbocycles. The number of furan rings is 1. The van der Waals surface area contributed by atoms with E-state index < -0.39 is 0 Å². The summed E-state index contributed by atoms with van der Waals surface area (Å²) in [5, 5.41) is 13.0. The Morgan fingerprint density at radius 1 is 1.33 bits per heavy atom. The normalized spacial score (nSPS) is 11.3. The maximum atomic E-state index is 9.00. The van der Waals surface area contributed by atoms with Gasteiger partial charge in [-0.1, -0.05) is 12.1 Å². The highest BCUT2D eigenvalue weighted by molar-refractivity contribution is 5.49. The standard InChI is InChI=1S/C13H18N2O3/c1-2-5-15(6-7-16)10-11-9-13(18-14-11)12-4-3-8-17-12/h3-4,8-9,16H,2,5-7,10H2,1H3. The molecule has 2 heterocycles. The van der Waals surface area contributed by atoms with Crippen LogP contribution < -0.4 is 0 Å². The maximum absolute atomic E-state index is 9.00. The van der Waals surface area contributed by atoms with E-state index in [4.69, 9.17) is 14.0 Å². The third kappa shape index (κ3) is 3.21. The van der Waals surface area contributed by atoms with Gasteiger partial charge in [-0.3, -0.25) is 4.90 Å². The van der Waals surface area contributed by atoms with Crippen molar-refractivity contribution in [3.05, 3.63) is 30.2 Å². The van der Waals surface area contributed by atoms with Gasteiger partial charge in [-0.05, 0) is 25.1 Å². The highest BCUT2D eigenvalue weighted by Gasteiger charge is 2.11. The van der Waals surface area contributed by atoms with Gasteiger partial charge in [-0.2, -0.15) is 0 Å². The first-order valence-electron chi connectivity index (χ1n) is 6.16. The number of aliphatic hydroxyl groups excluding tert-OH is 1. The fourth-order valence-electron chi connectivity index (χ4n) is 1.88. The molecule has 2 rings (SSSR count). The number of aliphatic hydroxyl groups is 1. The fourth-order valence-corrected chi connectivity index (χ4v) is 1.88. The Morgan fingerprint density at radius 3 is 2.89 bits per heavy atom. The van der Waals surface area contributed by atoms with Crippen LogP contribution in [0.5, 0.6) is 0 Å². The Morgan fingerprint density at radius 2 is 2.22 bits per heavy atom. The molecule has 0 unspecified atom stereocenters. The zero-order valence-corrected chi connectivity index (χ0v) is 10.5. The predicted molar refractivity (Wildman–Crippen MR) is 66.9 cm³/mol. The van der Waals surface area contributed by atoms with E-state index in [-0.39, 0.29) is 6.61 Å². The summed E-state index contributed by atoms with van der Waals surface area (Å²) in [5.74, 6) is 1.31. The van der Waals surface area contributed by atoms with Crippen LogP contribution in [0.25, 0.3) is 11.5 Å². The van der Waals surface area contributed by atoms with Gasteiger partial charge in [0.05, 0.1) is 18.6 Å². The Labute approximate surface area is 106 Å². The molecule has 1 N–H and O–H groups in total. The Kier molecular flexibility index (Phi) is 4.55. The summed E-state index contributed by atoms with van der Waals surface area (Å²) in [6.07, 6.45) is 2.65. The molecule has 0 aliphatic carbocycles. The van der Waals surface area contributed by atoms with Crippen LogP contribution in [0.4, 0.5) is 0 Å². The van der Waals surface area contributed by atoms with E-state index in [1.54, 1.807) is 6.26 Å². The summed E-state index contributed by atoms with van der Waals surface area (Å²) in [7, 11) is 0. The quantitative estimate of drug-likeness (QED) is 0.815. The Balaban J connectivity index is 2.01. The number of hydrogen-bond acceptors (Lipinski definition) is 5. The summed E-state index contributed by atoms with van der Waals surface area (Å²) in [6, 6.07) is 5.52. The van der Waals surface area contributed by atoms with Crippen LogP contribution in [0.2, 0.25) is 0 Å². The van der Waals surface area contributed by atoms with Crippen LogP contribution in [0.3, 0.4) is 0 Å². The summed E-state index contributed by atoms with van der Waals surface area (Å²) in [4.78, 5) is 2.14. The van der Waals surface area contributed by atoms with Crippen molar-refractivity contribution < 1.29 is 14.0 Å². The molecule has 5 heteroatoms. The van der Waals surface area contributed by atoms with Gasteiger partial charge in [0.15, 0.2) is 5.76 Å². The number of rotatable bonds is 7. The van der Waals surface area contributed by atoms with Crippen molar-refractivity contribution in [2.75, 3.05) is 19.7 Å². The van der Waals surface area contributed by atoms with Crippen LogP contribution in [0.1, 0.15) is 19.0 Å². The van der Waals surface area contributed by atoms with Gasteiger partial charge in [-0.25, -0.2) is 0 Å². The van der Waals surface area contributed by atoms with Crippen molar-refractivity contribution in [3.8, 4) is 11.5 Å². The molecule has 0 saturated carbocycles. The van der Waals surface area contributed by atoms with Crippen molar-refractivity contribution >= 4 is 0 Å². The number of hydrogen-bond donors (Lipinski definition) is 1. The molecule has 0 bridgehead atoms. The second-order valence-corrected chi connectivity index (χ2v) is 4.16. The van der Waals surface area contributed by atoms with Crippen LogP contribution in [-0.4, -0.2) is 34.9 Å². The van der Waals surface area contributed by atoms with Crippen LogP contribution in [0, 0.1) is 0 Å². The minimum atomic E-state index is 0.156.